The van der Waals surface area contributed by atoms with E-state index in [0.29, 0.717) is 17.5 Å². The van der Waals surface area contributed by atoms with Crippen molar-refractivity contribution in [3.8, 4) is 5.75 Å². The first-order valence-corrected chi connectivity index (χ1v) is 6.07. The Kier molecular flexibility index (Phi) is 4.24. The fraction of sp³-hybridized carbons (Fsp3) is 0.154. The fourth-order valence-corrected chi connectivity index (χ4v) is 1.77. The maximum absolute atomic E-state index is 5.89. The molecule has 0 aliphatic rings. The van der Waals surface area contributed by atoms with Gasteiger partial charge < -0.3 is 4.74 Å². The molecule has 0 N–H and O–H groups in total. The van der Waals surface area contributed by atoms with E-state index in [9.17, 15) is 0 Å². The predicted octanol–water partition coefficient (Wildman–Crippen LogP) is 4.05. The summed E-state index contributed by atoms with van der Waals surface area (Å²) in [4.78, 5) is 4.09. The van der Waals surface area contributed by atoms with Gasteiger partial charge in [0, 0.05) is 17.3 Å². The van der Waals surface area contributed by atoms with Gasteiger partial charge in [-0.05, 0) is 23.8 Å². The van der Waals surface area contributed by atoms with Crippen LogP contribution in [0.4, 0.5) is 0 Å². The average molecular weight is 268 g/mol. The molecule has 2 nitrogen and oxygen atoms in total. The molecular weight excluding hydrogens is 257 g/mol. The topological polar surface area (TPSA) is 22.1 Å². The van der Waals surface area contributed by atoms with Crippen LogP contribution in [0.5, 0.6) is 5.75 Å². The Morgan fingerprint density at radius 2 is 2.06 bits per heavy atom. The van der Waals surface area contributed by atoms with Gasteiger partial charge in [0.1, 0.15) is 12.4 Å². The maximum atomic E-state index is 5.89. The van der Waals surface area contributed by atoms with E-state index < -0.39 is 0 Å². The zero-order valence-electron chi connectivity index (χ0n) is 9.07. The standard InChI is InChI=1S/C13H11Cl2NO/c14-8-12-7-13(4-5-16-12)17-9-10-2-1-3-11(15)6-10/h1-7H,8-9H2. The number of halogens is 2. The maximum Gasteiger partial charge on any atom is 0.123 e. The lowest BCUT2D eigenvalue weighted by molar-refractivity contribution is 0.305. The number of hydrogen-bond acceptors (Lipinski definition) is 2. The van der Waals surface area contributed by atoms with Crippen molar-refractivity contribution >= 4 is 23.2 Å². The molecular formula is C13H11Cl2NO. The minimum absolute atomic E-state index is 0.383. The van der Waals surface area contributed by atoms with Crippen molar-refractivity contribution in [3.05, 3.63) is 58.9 Å². The summed E-state index contributed by atoms with van der Waals surface area (Å²) < 4.78 is 5.63. The summed E-state index contributed by atoms with van der Waals surface area (Å²) in [7, 11) is 0. The van der Waals surface area contributed by atoms with Crippen LogP contribution >= 0.6 is 23.2 Å². The first-order chi connectivity index (χ1) is 8.28. The second kappa shape index (κ2) is 5.89. The third kappa shape index (κ3) is 3.62. The first-order valence-electron chi connectivity index (χ1n) is 5.16. The van der Waals surface area contributed by atoms with Gasteiger partial charge in [0.15, 0.2) is 0 Å². The Labute approximate surface area is 110 Å². The molecule has 1 heterocycles. The van der Waals surface area contributed by atoms with Crippen LogP contribution < -0.4 is 4.74 Å². The Morgan fingerprint density at radius 1 is 1.18 bits per heavy atom. The molecule has 0 spiro atoms. The number of ether oxygens (including phenoxy) is 1. The Bertz CT molecular complexity index is 502. The van der Waals surface area contributed by atoms with Crippen LogP contribution in [0.1, 0.15) is 11.3 Å². The molecule has 0 radical (unpaired) electrons. The zero-order valence-corrected chi connectivity index (χ0v) is 10.6. The summed E-state index contributed by atoms with van der Waals surface area (Å²) in [6.07, 6.45) is 1.69. The number of hydrogen-bond donors (Lipinski definition) is 0. The van der Waals surface area contributed by atoms with E-state index in [1.807, 2.05) is 30.3 Å². The van der Waals surface area contributed by atoms with Crippen molar-refractivity contribution in [2.75, 3.05) is 0 Å². The Hall–Kier alpha value is -1.25. The normalized spacial score (nSPS) is 10.2. The minimum atomic E-state index is 0.383. The monoisotopic (exact) mass is 267 g/mol. The van der Waals surface area contributed by atoms with Crippen molar-refractivity contribution in [1.82, 2.24) is 4.98 Å². The molecule has 0 atom stereocenters. The Balaban J connectivity index is 2.02. The summed E-state index contributed by atoms with van der Waals surface area (Å²) >= 11 is 11.6. The van der Waals surface area contributed by atoms with Crippen molar-refractivity contribution in [3.63, 3.8) is 0 Å². The van der Waals surface area contributed by atoms with E-state index >= 15 is 0 Å². The highest BCUT2D eigenvalue weighted by Gasteiger charge is 1.99. The molecule has 2 aromatic rings. The minimum Gasteiger partial charge on any atom is -0.489 e. The van der Waals surface area contributed by atoms with E-state index in [1.54, 1.807) is 12.3 Å². The van der Waals surface area contributed by atoms with Gasteiger partial charge in [-0.25, -0.2) is 0 Å². The van der Waals surface area contributed by atoms with Crippen molar-refractivity contribution < 1.29 is 4.74 Å². The van der Waals surface area contributed by atoms with E-state index in [4.69, 9.17) is 27.9 Å². The van der Waals surface area contributed by atoms with Crippen LogP contribution in [-0.4, -0.2) is 4.98 Å². The smallest absolute Gasteiger partial charge is 0.123 e. The van der Waals surface area contributed by atoms with Gasteiger partial charge in [-0.2, -0.15) is 0 Å². The zero-order chi connectivity index (χ0) is 12.1. The van der Waals surface area contributed by atoms with Crippen LogP contribution in [0, 0.1) is 0 Å². The van der Waals surface area contributed by atoms with E-state index in [0.717, 1.165) is 17.0 Å². The highest BCUT2D eigenvalue weighted by Crippen LogP contribution is 2.16. The number of pyridine rings is 1. The molecule has 0 fully saturated rings. The molecule has 17 heavy (non-hydrogen) atoms. The number of aromatic nitrogens is 1. The van der Waals surface area contributed by atoms with Crippen molar-refractivity contribution in [1.29, 1.82) is 0 Å². The van der Waals surface area contributed by atoms with Gasteiger partial charge in [0.05, 0.1) is 11.6 Å². The van der Waals surface area contributed by atoms with Gasteiger partial charge in [-0.1, -0.05) is 23.7 Å². The molecule has 1 aromatic heterocycles. The lowest BCUT2D eigenvalue weighted by atomic mass is 10.2. The molecule has 0 aliphatic carbocycles. The van der Waals surface area contributed by atoms with E-state index in [2.05, 4.69) is 4.98 Å². The van der Waals surface area contributed by atoms with Gasteiger partial charge in [0.25, 0.3) is 0 Å². The van der Waals surface area contributed by atoms with Crippen LogP contribution in [0.3, 0.4) is 0 Å². The molecule has 1 aromatic carbocycles. The molecule has 88 valence electrons. The molecule has 0 unspecified atom stereocenters. The van der Waals surface area contributed by atoms with Crippen molar-refractivity contribution in [2.24, 2.45) is 0 Å². The molecule has 0 bridgehead atoms. The van der Waals surface area contributed by atoms with Gasteiger partial charge >= 0.3 is 0 Å². The summed E-state index contributed by atoms with van der Waals surface area (Å²) in [5.74, 6) is 1.14. The van der Waals surface area contributed by atoms with Crippen LogP contribution in [0.15, 0.2) is 42.6 Å². The lowest BCUT2D eigenvalue weighted by Crippen LogP contribution is -1.96. The summed E-state index contributed by atoms with van der Waals surface area (Å²) in [6.45, 7) is 0.478. The third-order valence-corrected chi connectivity index (χ3v) is 2.73. The SMILES string of the molecule is ClCc1cc(OCc2cccc(Cl)c2)ccn1. The predicted molar refractivity (Wildman–Crippen MR) is 69.6 cm³/mol. The second-order valence-corrected chi connectivity index (χ2v) is 4.24. The molecule has 2 rings (SSSR count). The molecule has 0 aliphatic heterocycles. The van der Waals surface area contributed by atoms with Gasteiger partial charge in [-0.15, -0.1) is 11.6 Å². The number of rotatable bonds is 4. The average Bonchev–Trinajstić information content (AvgIpc) is 2.37. The van der Waals surface area contributed by atoms with Crippen LogP contribution in [0.2, 0.25) is 5.02 Å². The summed E-state index contributed by atoms with van der Waals surface area (Å²) in [6, 6.07) is 11.2. The molecule has 4 heteroatoms. The van der Waals surface area contributed by atoms with Crippen LogP contribution in [0.25, 0.3) is 0 Å². The van der Waals surface area contributed by atoms with Gasteiger partial charge in [0.2, 0.25) is 0 Å². The Morgan fingerprint density at radius 3 is 2.82 bits per heavy atom. The lowest BCUT2D eigenvalue weighted by Gasteiger charge is -2.07. The molecule has 0 saturated heterocycles. The highest BCUT2D eigenvalue weighted by atomic mass is 35.5. The number of alkyl halides is 1. The quantitative estimate of drug-likeness (QED) is 0.780. The first kappa shape index (κ1) is 12.2. The third-order valence-electron chi connectivity index (χ3n) is 2.22. The van der Waals surface area contributed by atoms with E-state index in [-0.39, 0.29) is 0 Å². The fourth-order valence-electron chi connectivity index (χ4n) is 1.41. The largest absolute Gasteiger partial charge is 0.489 e. The molecule has 0 saturated carbocycles. The molecule has 0 amide bonds. The van der Waals surface area contributed by atoms with Gasteiger partial charge in [-0.3, -0.25) is 4.98 Å². The number of nitrogens with zero attached hydrogens (tertiary/aromatic N) is 1. The van der Waals surface area contributed by atoms with Crippen molar-refractivity contribution in [2.45, 2.75) is 12.5 Å². The van der Waals surface area contributed by atoms with E-state index in [1.165, 1.54) is 0 Å². The summed E-state index contributed by atoms with van der Waals surface area (Å²) in [5.41, 5.74) is 1.83. The highest BCUT2D eigenvalue weighted by molar-refractivity contribution is 6.30. The number of benzene rings is 1. The second-order valence-electron chi connectivity index (χ2n) is 3.54. The summed E-state index contributed by atoms with van der Waals surface area (Å²) in [5, 5.41) is 0.710. The van der Waals surface area contributed by atoms with Crippen LogP contribution in [-0.2, 0) is 12.5 Å².